The molecular weight excluding hydrogens is 238 g/mol. The fourth-order valence-electron chi connectivity index (χ4n) is 2.28. The maximum absolute atomic E-state index is 3.55. The van der Waals surface area contributed by atoms with Gasteiger partial charge in [-0.1, -0.05) is 39.0 Å². The maximum atomic E-state index is 3.55. The van der Waals surface area contributed by atoms with Gasteiger partial charge in [-0.2, -0.15) is 0 Å². The van der Waals surface area contributed by atoms with Gasteiger partial charge in [0.05, 0.1) is 0 Å². The Labute approximate surface area is 114 Å². The first-order chi connectivity index (χ1) is 8.66. The van der Waals surface area contributed by atoms with E-state index in [0.717, 1.165) is 19.0 Å². The molecule has 2 rings (SSSR count). The molecule has 0 saturated carbocycles. The van der Waals surface area contributed by atoms with Gasteiger partial charge in [0.2, 0.25) is 0 Å². The molecule has 1 atom stereocenters. The van der Waals surface area contributed by atoms with Crippen LogP contribution in [0.25, 0.3) is 10.1 Å². The fourth-order valence-corrected chi connectivity index (χ4v) is 3.21. The van der Waals surface area contributed by atoms with E-state index in [1.165, 1.54) is 22.1 Å². The van der Waals surface area contributed by atoms with Gasteiger partial charge >= 0.3 is 0 Å². The van der Waals surface area contributed by atoms with Crippen molar-refractivity contribution in [2.45, 2.75) is 27.2 Å². The third kappa shape index (κ3) is 3.56. The van der Waals surface area contributed by atoms with E-state index >= 15 is 0 Å². The topological polar surface area (TPSA) is 12.0 Å². The molecule has 1 heterocycles. The molecule has 0 aliphatic rings. The summed E-state index contributed by atoms with van der Waals surface area (Å²) >= 11 is 1.86. The Morgan fingerprint density at radius 3 is 2.72 bits per heavy atom. The van der Waals surface area contributed by atoms with Gasteiger partial charge in [0.15, 0.2) is 0 Å². The quantitative estimate of drug-likeness (QED) is 0.816. The van der Waals surface area contributed by atoms with Crippen molar-refractivity contribution >= 4 is 21.4 Å². The number of nitrogens with one attached hydrogen (secondary N) is 1. The molecule has 0 aliphatic heterocycles. The monoisotopic (exact) mass is 261 g/mol. The molecule has 0 radical (unpaired) electrons. The first-order valence-electron chi connectivity index (χ1n) is 6.82. The van der Waals surface area contributed by atoms with Crippen molar-refractivity contribution in [1.29, 1.82) is 0 Å². The van der Waals surface area contributed by atoms with Gasteiger partial charge in [0.1, 0.15) is 0 Å². The number of thiophene rings is 1. The minimum Gasteiger partial charge on any atom is -0.316 e. The molecule has 0 saturated heterocycles. The van der Waals surface area contributed by atoms with E-state index in [4.69, 9.17) is 0 Å². The van der Waals surface area contributed by atoms with Crippen molar-refractivity contribution < 1.29 is 0 Å². The van der Waals surface area contributed by atoms with Crippen LogP contribution < -0.4 is 5.32 Å². The summed E-state index contributed by atoms with van der Waals surface area (Å²) in [5, 5.41) is 7.13. The lowest BCUT2D eigenvalue weighted by Gasteiger charge is -2.14. The highest BCUT2D eigenvalue weighted by atomic mass is 32.1. The molecule has 1 aromatic carbocycles. The summed E-state index contributed by atoms with van der Waals surface area (Å²) in [5.74, 6) is 1.43. The van der Waals surface area contributed by atoms with Crippen LogP contribution >= 0.6 is 11.3 Å². The van der Waals surface area contributed by atoms with Crippen LogP contribution in [0, 0.1) is 11.8 Å². The number of fused-ring (bicyclic) bond motifs is 1. The van der Waals surface area contributed by atoms with E-state index < -0.39 is 0 Å². The zero-order valence-corrected chi connectivity index (χ0v) is 12.4. The summed E-state index contributed by atoms with van der Waals surface area (Å²) in [6.07, 6.45) is 1.17. The van der Waals surface area contributed by atoms with Gasteiger partial charge in [0, 0.05) is 4.70 Å². The Hall–Kier alpha value is -0.860. The Kier molecular flexibility index (Phi) is 4.79. The van der Waals surface area contributed by atoms with Crippen LogP contribution in [0.5, 0.6) is 0 Å². The van der Waals surface area contributed by atoms with Crippen molar-refractivity contribution in [2.24, 2.45) is 11.8 Å². The van der Waals surface area contributed by atoms with E-state index in [0.29, 0.717) is 5.92 Å². The van der Waals surface area contributed by atoms with Crippen molar-refractivity contribution in [3.63, 3.8) is 0 Å². The zero-order valence-electron chi connectivity index (χ0n) is 11.6. The molecular formula is C16H23NS. The summed E-state index contributed by atoms with van der Waals surface area (Å²) in [6, 6.07) is 8.87. The number of benzene rings is 1. The highest BCUT2D eigenvalue weighted by Crippen LogP contribution is 2.26. The highest BCUT2D eigenvalue weighted by molar-refractivity contribution is 7.17. The van der Waals surface area contributed by atoms with Crippen LogP contribution in [-0.2, 0) is 6.42 Å². The molecule has 1 aromatic heterocycles. The lowest BCUT2D eigenvalue weighted by molar-refractivity contribution is 0.474. The normalized spacial score (nSPS) is 13.3. The van der Waals surface area contributed by atoms with Crippen LogP contribution in [0.1, 0.15) is 26.3 Å². The largest absolute Gasteiger partial charge is 0.316 e. The molecule has 1 nitrogen and oxygen atoms in total. The second-order valence-electron chi connectivity index (χ2n) is 5.62. The van der Waals surface area contributed by atoms with Gasteiger partial charge in [-0.3, -0.25) is 0 Å². The third-order valence-electron chi connectivity index (χ3n) is 3.17. The van der Waals surface area contributed by atoms with Crippen LogP contribution in [-0.4, -0.2) is 13.1 Å². The van der Waals surface area contributed by atoms with Gasteiger partial charge in [-0.15, -0.1) is 11.3 Å². The molecule has 0 fully saturated rings. The summed E-state index contributed by atoms with van der Waals surface area (Å²) in [7, 11) is 0. The van der Waals surface area contributed by atoms with Gasteiger partial charge in [-0.25, -0.2) is 0 Å². The van der Waals surface area contributed by atoms with E-state index in [-0.39, 0.29) is 0 Å². The predicted molar refractivity (Wildman–Crippen MR) is 82.4 cm³/mol. The standard InChI is InChI=1S/C16H23NS/c1-12(2)10-17-11-13(3)9-15-6-4-5-14-7-8-18-16(14)15/h4-8,12-13,17H,9-11H2,1-3H3. The fraction of sp³-hybridized carbons (Fsp3) is 0.500. The predicted octanol–water partition coefficient (Wildman–Crippen LogP) is 4.33. The smallest absolute Gasteiger partial charge is 0.0374 e. The average molecular weight is 261 g/mol. The average Bonchev–Trinajstić information content (AvgIpc) is 2.77. The lowest BCUT2D eigenvalue weighted by atomic mass is 10.00. The van der Waals surface area contributed by atoms with Gasteiger partial charge < -0.3 is 5.32 Å². The second kappa shape index (κ2) is 6.35. The van der Waals surface area contributed by atoms with Crippen LogP contribution in [0.2, 0.25) is 0 Å². The summed E-state index contributed by atoms with van der Waals surface area (Å²) < 4.78 is 1.47. The SMILES string of the molecule is CC(C)CNCC(C)Cc1cccc2ccsc12. The molecule has 98 valence electrons. The maximum Gasteiger partial charge on any atom is 0.0374 e. The van der Waals surface area contributed by atoms with E-state index in [1.54, 1.807) is 0 Å². The van der Waals surface area contributed by atoms with Crippen molar-refractivity contribution in [3.8, 4) is 0 Å². The Bertz CT molecular complexity index is 487. The first-order valence-corrected chi connectivity index (χ1v) is 7.70. The minimum absolute atomic E-state index is 0.691. The number of hydrogen-bond donors (Lipinski definition) is 1. The van der Waals surface area contributed by atoms with Crippen LogP contribution in [0.15, 0.2) is 29.6 Å². The van der Waals surface area contributed by atoms with Crippen LogP contribution in [0.4, 0.5) is 0 Å². The number of rotatable bonds is 6. The molecule has 1 N–H and O–H groups in total. The summed E-state index contributed by atoms with van der Waals surface area (Å²) in [5.41, 5.74) is 1.50. The molecule has 18 heavy (non-hydrogen) atoms. The zero-order chi connectivity index (χ0) is 13.0. The highest BCUT2D eigenvalue weighted by Gasteiger charge is 2.07. The van der Waals surface area contributed by atoms with E-state index in [1.807, 2.05) is 11.3 Å². The lowest BCUT2D eigenvalue weighted by Crippen LogP contribution is -2.26. The Balaban J connectivity index is 1.94. The van der Waals surface area contributed by atoms with Gasteiger partial charge in [0.25, 0.3) is 0 Å². The van der Waals surface area contributed by atoms with E-state index in [2.05, 4.69) is 55.7 Å². The molecule has 0 bridgehead atoms. The molecule has 2 heteroatoms. The van der Waals surface area contributed by atoms with Crippen LogP contribution in [0.3, 0.4) is 0 Å². The third-order valence-corrected chi connectivity index (χ3v) is 4.18. The Morgan fingerprint density at radius 2 is 1.94 bits per heavy atom. The summed E-state index contributed by atoms with van der Waals surface area (Å²) in [4.78, 5) is 0. The molecule has 1 unspecified atom stereocenters. The molecule has 0 spiro atoms. The Morgan fingerprint density at radius 1 is 1.11 bits per heavy atom. The van der Waals surface area contributed by atoms with Crippen molar-refractivity contribution in [2.75, 3.05) is 13.1 Å². The number of hydrogen-bond acceptors (Lipinski definition) is 2. The molecule has 2 aromatic rings. The van der Waals surface area contributed by atoms with E-state index in [9.17, 15) is 0 Å². The minimum atomic E-state index is 0.691. The van der Waals surface area contributed by atoms with Crippen molar-refractivity contribution in [3.05, 3.63) is 35.2 Å². The first kappa shape index (κ1) is 13.6. The van der Waals surface area contributed by atoms with Crippen molar-refractivity contribution in [1.82, 2.24) is 5.32 Å². The second-order valence-corrected chi connectivity index (χ2v) is 6.53. The molecule has 0 amide bonds. The summed E-state index contributed by atoms with van der Waals surface area (Å²) in [6.45, 7) is 9.07. The van der Waals surface area contributed by atoms with Gasteiger partial charge in [-0.05, 0) is 53.7 Å². The molecule has 0 aliphatic carbocycles.